The van der Waals surface area contributed by atoms with Crippen LogP contribution in [-0.4, -0.2) is 28.3 Å². The van der Waals surface area contributed by atoms with Crippen molar-refractivity contribution in [2.75, 3.05) is 18.2 Å². The molecule has 0 saturated carbocycles. The fraction of sp³-hybridized carbons (Fsp3) is 0.111. The number of hydrogen-bond donors (Lipinski definition) is 1. The van der Waals surface area contributed by atoms with Gasteiger partial charge >= 0.3 is 0 Å². The number of hydrogen-bond acceptors (Lipinski definition) is 4. The third-order valence-corrected chi connectivity index (χ3v) is 4.91. The molecule has 128 valence electrons. The van der Waals surface area contributed by atoms with Gasteiger partial charge in [0.25, 0.3) is 0 Å². The van der Waals surface area contributed by atoms with Gasteiger partial charge in [-0.05, 0) is 48.5 Å². The summed E-state index contributed by atoms with van der Waals surface area (Å²) >= 11 is 4.76. The molecule has 0 fully saturated rings. The van der Waals surface area contributed by atoms with Crippen LogP contribution in [0.1, 0.15) is 0 Å². The van der Waals surface area contributed by atoms with E-state index in [9.17, 15) is 4.79 Å². The Kier molecular flexibility index (Phi) is 5.78. The Bertz CT molecular complexity index is 848. The van der Waals surface area contributed by atoms with Gasteiger partial charge in [0.15, 0.2) is 5.16 Å². The van der Waals surface area contributed by atoms with E-state index in [-0.39, 0.29) is 11.7 Å². The number of amides is 1. The van der Waals surface area contributed by atoms with E-state index in [1.54, 1.807) is 13.3 Å². The van der Waals surface area contributed by atoms with Crippen LogP contribution in [0.5, 0.6) is 5.75 Å². The minimum absolute atomic E-state index is 0.0726. The number of aromatic nitrogens is 2. The minimum atomic E-state index is -0.0726. The molecule has 2 aromatic carbocycles. The molecule has 5 nitrogen and oxygen atoms in total. The lowest BCUT2D eigenvalue weighted by Gasteiger charge is -2.09. The normalized spacial score (nSPS) is 10.5. The number of carbonyl (C=O) groups excluding carboxylic acids is 1. The van der Waals surface area contributed by atoms with Crippen LogP contribution < -0.4 is 10.1 Å². The molecule has 1 heterocycles. The van der Waals surface area contributed by atoms with E-state index in [0.717, 1.165) is 26.8 Å². The number of carbonyl (C=O) groups is 1. The summed E-state index contributed by atoms with van der Waals surface area (Å²) < 4.78 is 8.09. The van der Waals surface area contributed by atoms with Gasteiger partial charge in [-0.3, -0.25) is 9.36 Å². The fourth-order valence-electron chi connectivity index (χ4n) is 2.20. The van der Waals surface area contributed by atoms with Crippen LogP contribution in [0.25, 0.3) is 5.69 Å². The number of methoxy groups -OCH3 is 1. The van der Waals surface area contributed by atoms with E-state index in [1.807, 2.05) is 59.3 Å². The van der Waals surface area contributed by atoms with E-state index >= 15 is 0 Å². The van der Waals surface area contributed by atoms with Crippen LogP contribution in [0.2, 0.25) is 0 Å². The van der Waals surface area contributed by atoms with Gasteiger partial charge in [-0.15, -0.1) is 0 Å². The lowest BCUT2D eigenvalue weighted by molar-refractivity contribution is -0.113. The van der Waals surface area contributed by atoms with Crippen molar-refractivity contribution in [3.8, 4) is 11.4 Å². The third-order valence-electron chi connectivity index (χ3n) is 3.42. The highest BCUT2D eigenvalue weighted by Gasteiger charge is 2.09. The van der Waals surface area contributed by atoms with Gasteiger partial charge in [0.05, 0.1) is 12.9 Å². The molecule has 0 aliphatic heterocycles. The monoisotopic (exact) mass is 417 g/mol. The van der Waals surface area contributed by atoms with Crippen molar-refractivity contribution in [2.45, 2.75) is 5.16 Å². The van der Waals surface area contributed by atoms with Crippen LogP contribution in [0.15, 0.2) is 70.6 Å². The number of ether oxygens (including phenoxy) is 1. The van der Waals surface area contributed by atoms with Gasteiger partial charge in [-0.25, -0.2) is 4.98 Å². The Hall–Kier alpha value is -2.25. The summed E-state index contributed by atoms with van der Waals surface area (Å²) in [6, 6.07) is 15.2. The molecule has 1 amide bonds. The van der Waals surface area contributed by atoms with Crippen molar-refractivity contribution >= 4 is 39.3 Å². The zero-order chi connectivity index (χ0) is 17.6. The Labute approximate surface area is 158 Å². The molecule has 0 spiro atoms. The smallest absolute Gasteiger partial charge is 0.234 e. The standard InChI is InChI=1S/C18H16BrN3O2S/c1-24-16-8-6-15(7-9-16)22-11-10-20-18(22)25-12-17(23)21-14-4-2-13(19)3-5-14/h2-11H,12H2,1H3,(H,21,23). The average molecular weight is 418 g/mol. The predicted octanol–water partition coefficient (Wildman–Crippen LogP) is 4.37. The first kappa shape index (κ1) is 17.6. The second-order valence-corrected chi connectivity index (χ2v) is 6.98. The summed E-state index contributed by atoms with van der Waals surface area (Å²) in [4.78, 5) is 16.5. The number of rotatable bonds is 6. The number of benzene rings is 2. The van der Waals surface area contributed by atoms with Crippen LogP contribution in [0, 0.1) is 0 Å². The van der Waals surface area contributed by atoms with Crippen LogP contribution in [-0.2, 0) is 4.79 Å². The Morgan fingerprint density at radius 1 is 1.20 bits per heavy atom. The summed E-state index contributed by atoms with van der Waals surface area (Å²) in [5, 5.41) is 3.63. The highest BCUT2D eigenvalue weighted by atomic mass is 79.9. The van der Waals surface area contributed by atoms with Gasteiger partial charge in [0, 0.05) is 28.2 Å². The molecule has 25 heavy (non-hydrogen) atoms. The van der Waals surface area contributed by atoms with Gasteiger partial charge in [0.1, 0.15) is 5.75 Å². The molecular formula is C18H16BrN3O2S. The number of nitrogens with zero attached hydrogens (tertiary/aromatic N) is 2. The molecule has 0 unspecified atom stereocenters. The second-order valence-electron chi connectivity index (χ2n) is 5.12. The van der Waals surface area contributed by atoms with E-state index in [2.05, 4.69) is 26.2 Å². The number of halogens is 1. The Morgan fingerprint density at radius 2 is 1.92 bits per heavy atom. The molecule has 3 aromatic rings. The molecule has 0 aliphatic carbocycles. The van der Waals surface area contributed by atoms with Crippen molar-refractivity contribution in [3.05, 3.63) is 65.4 Å². The SMILES string of the molecule is COc1ccc(-n2ccnc2SCC(=O)Nc2ccc(Br)cc2)cc1. The molecule has 7 heteroatoms. The highest BCUT2D eigenvalue weighted by molar-refractivity contribution is 9.10. The maximum atomic E-state index is 12.1. The maximum Gasteiger partial charge on any atom is 0.234 e. The Morgan fingerprint density at radius 3 is 2.60 bits per heavy atom. The summed E-state index contributed by atoms with van der Waals surface area (Å²) in [5.74, 6) is 1.01. The summed E-state index contributed by atoms with van der Waals surface area (Å²) in [5.41, 5.74) is 1.74. The van der Waals surface area contributed by atoms with Gasteiger partial charge in [-0.1, -0.05) is 27.7 Å². The molecular weight excluding hydrogens is 402 g/mol. The van der Waals surface area contributed by atoms with E-state index < -0.39 is 0 Å². The number of nitrogens with one attached hydrogen (secondary N) is 1. The first-order valence-corrected chi connectivity index (χ1v) is 9.29. The quantitative estimate of drug-likeness (QED) is 0.604. The van der Waals surface area contributed by atoms with Gasteiger partial charge in [-0.2, -0.15) is 0 Å². The maximum absolute atomic E-state index is 12.1. The van der Waals surface area contributed by atoms with Crippen molar-refractivity contribution in [3.63, 3.8) is 0 Å². The summed E-state index contributed by atoms with van der Waals surface area (Å²) in [7, 11) is 1.64. The number of imidazole rings is 1. The van der Waals surface area contributed by atoms with Crippen LogP contribution >= 0.6 is 27.7 Å². The summed E-state index contributed by atoms with van der Waals surface area (Å²) in [6.07, 6.45) is 3.59. The number of thioether (sulfide) groups is 1. The van der Waals surface area contributed by atoms with E-state index in [4.69, 9.17) is 4.74 Å². The molecule has 0 radical (unpaired) electrons. The molecule has 0 bridgehead atoms. The van der Waals surface area contributed by atoms with Crippen molar-refractivity contribution in [1.82, 2.24) is 9.55 Å². The highest BCUT2D eigenvalue weighted by Crippen LogP contribution is 2.22. The topological polar surface area (TPSA) is 56.2 Å². The van der Waals surface area contributed by atoms with E-state index in [0.29, 0.717) is 0 Å². The lowest BCUT2D eigenvalue weighted by atomic mass is 10.3. The third kappa shape index (κ3) is 4.64. The molecule has 1 aromatic heterocycles. The minimum Gasteiger partial charge on any atom is -0.497 e. The Balaban J connectivity index is 1.62. The molecule has 1 N–H and O–H groups in total. The molecule has 0 saturated heterocycles. The van der Waals surface area contributed by atoms with E-state index in [1.165, 1.54) is 11.8 Å². The number of anilines is 1. The predicted molar refractivity (Wildman–Crippen MR) is 104 cm³/mol. The zero-order valence-corrected chi connectivity index (χ0v) is 15.9. The van der Waals surface area contributed by atoms with Crippen LogP contribution in [0.3, 0.4) is 0 Å². The first-order valence-electron chi connectivity index (χ1n) is 7.52. The second kappa shape index (κ2) is 8.22. The van der Waals surface area contributed by atoms with Crippen molar-refractivity contribution in [1.29, 1.82) is 0 Å². The van der Waals surface area contributed by atoms with Gasteiger partial charge < -0.3 is 10.1 Å². The zero-order valence-electron chi connectivity index (χ0n) is 13.5. The lowest BCUT2D eigenvalue weighted by Crippen LogP contribution is -2.14. The van der Waals surface area contributed by atoms with Crippen LogP contribution in [0.4, 0.5) is 5.69 Å². The van der Waals surface area contributed by atoms with Crippen molar-refractivity contribution < 1.29 is 9.53 Å². The van der Waals surface area contributed by atoms with Crippen molar-refractivity contribution in [2.24, 2.45) is 0 Å². The largest absolute Gasteiger partial charge is 0.497 e. The average Bonchev–Trinajstić information content (AvgIpc) is 3.10. The first-order chi connectivity index (χ1) is 12.2. The fourth-order valence-corrected chi connectivity index (χ4v) is 3.23. The summed E-state index contributed by atoms with van der Waals surface area (Å²) in [6.45, 7) is 0. The molecule has 0 atom stereocenters. The van der Waals surface area contributed by atoms with Gasteiger partial charge in [0.2, 0.25) is 5.91 Å². The molecule has 0 aliphatic rings. The molecule has 3 rings (SSSR count).